The number of nitrogens with one attached hydrogen (secondary N) is 2. The van der Waals surface area contributed by atoms with E-state index in [2.05, 4.69) is 39.3 Å². The number of aryl methyl sites for hydroxylation is 1. The molecule has 0 radical (unpaired) electrons. The smallest absolute Gasteiger partial charge is 0.274 e. The minimum atomic E-state index is -0.367. The fourth-order valence-electron chi connectivity index (χ4n) is 2.98. The maximum Gasteiger partial charge on any atom is 0.274 e. The number of anilines is 4. The molecule has 2 aromatic carbocycles. The summed E-state index contributed by atoms with van der Waals surface area (Å²) in [6.45, 7) is 7.82. The Labute approximate surface area is 169 Å². The Balaban J connectivity index is 1.74. The zero-order valence-electron chi connectivity index (χ0n) is 16.7. The quantitative estimate of drug-likeness (QED) is 0.605. The SMILES string of the molecule is CCN(CC)c1ccc(NC(=O)c2cc(C)nc(Nc3cccc(F)c3)n2)cc1. The minimum absolute atomic E-state index is 0.226. The van der Waals surface area contributed by atoms with E-state index in [1.807, 2.05) is 24.3 Å². The number of halogens is 1. The number of hydrogen-bond donors (Lipinski definition) is 2. The molecule has 6 nitrogen and oxygen atoms in total. The van der Waals surface area contributed by atoms with Gasteiger partial charge in [-0.2, -0.15) is 0 Å². The van der Waals surface area contributed by atoms with Crippen LogP contribution in [-0.2, 0) is 0 Å². The van der Waals surface area contributed by atoms with Gasteiger partial charge in [-0.25, -0.2) is 14.4 Å². The van der Waals surface area contributed by atoms with Crippen molar-refractivity contribution in [2.45, 2.75) is 20.8 Å². The standard InChI is InChI=1S/C22H24FN5O/c1-4-28(5-2)19-11-9-17(10-12-19)25-21(29)20-13-15(3)24-22(27-20)26-18-8-6-7-16(23)14-18/h6-14H,4-5H2,1-3H3,(H,25,29)(H,24,26,27). The number of hydrogen-bond acceptors (Lipinski definition) is 5. The maximum atomic E-state index is 13.4. The van der Waals surface area contributed by atoms with E-state index in [1.165, 1.54) is 12.1 Å². The highest BCUT2D eigenvalue weighted by Crippen LogP contribution is 2.19. The number of benzene rings is 2. The third-order valence-electron chi connectivity index (χ3n) is 4.42. The van der Waals surface area contributed by atoms with Crippen LogP contribution in [0.5, 0.6) is 0 Å². The number of rotatable bonds is 7. The van der Waals surface area contributed by atoms with Gasteiger partial charge in [-0.3, -0.25) is 4.79 Å². The topological polar surface area (TPSA) is 70.2 Å². The van der Waals surface area contributed by atoms with Crippen molar-refractivity contribution < 1.29 is 9.18 Å². The molecule has 0 fully saturated rings. The lowest BCUT2D eigenvalue weighted by molar-refractivity contribution is 0.102. The number of nitrogens with zero attached hydrogens (tertiary/aromatic N) is 3. The molecule has 29 heavy (non-hydrogen) atoms. The Kier molecular flexibility index (Phi) is 6.39. The van der Waals surface area contributed by atoms with Gasteiger partial charge in [0.15, 0.2) is 0 Å². The van der Waals surface area contributed by atoms with Crippen LogP contribution in [0.25, 0.3) is 0 Å². The fraction of sp³-hybridized carbons (Fsp3) is 0.227. The lowest BCUT2D eigenvalue weighted by atomic mass is 10.2. The zero-order chi connectivity index (χ0) is 20.8. The Bertz CT molecular complexity index is 987. The summed E-state index contributed by atoms with van der Waals surface area (Å²) in [5.74, 6) is -0.472. The van der Waals surface area contributed by atoms with Gasteiger partial charge in [0.1, 0.15) is 11.5 Å². The summed E-state index contributed by atoms with van der Waals surface area (Å²) >= 11 is 0. The lowest BCUT2D eigenvalue weighted by Gasteiger charge is -2.21. The van der Waals surface area contributed by atoms with E-state index < -0.39 is 0 Å². The summed E-state index contributed by atoms with van der Waals surface area (Å²) in [6, 6.07) is 15.3. The first-order valence-electron chi connectivity index (χ1n) is 9.53. The predicted molar refractivity (Wildman–Crippen MR) is 114 cm³/mol. The summed E-state index contributed by atoms with van der Waals surface area (Å²) in [5.41, 5.74) is 3.15. The van der Waals surface area contributed by atoms with Gasteiger partial charge in [0.2, 0.25) is 5.95 Å². The second-order valence-corrected chi connectivity index (χ2v) is 6.53. The highest BCUT2D eigenvalue weighted by atomic mass is 19.1. The van der Waals surface area contributed by atoms with Crippen LogP contribution in [0.3, 0.4) is 0 Å². The van der Waals surface area contributed by atoms with Crippen molar-refractivity contribution in [1.29, 1.82) is 0 Å². The van der Waals surface area contributed by atoms with Crippen LogP contribution in [0.1, 0.15) is 30.0 Å². The minimum Gasteiger partial charge on any atom is -0.372 e. The maximum absolute atomic E-state index is 13.4. The van der Waals surface area contributed by atoms with Gasteiger partial charge >= 0.3 is 0 Å². The van der Waals surface area contributed by atoms with Crippen LogP contribution < -0.4 is 15.5 Å². The van der Waals surface area contributed by atoms with Gasteiger partial charge in [0.25, 0.3) is 5.91 Å². The Morgan fingerprint density at radius 1 is 1.00 bits per heavy atom. The van der Waals surface area contributed by atoms with Gasteiger partial charge in [-0.15, -0.1) is 0 Å². The summed E-state index contributed by atoms with van der Waals surface area (Å²) in [7, 11) is 0. The Hall–Kier alpha value is -3.48. The molecule has 0 atom stereocenters. The molecular formula is C22H24FN5O. The molecule has 0 aliphatic rings. The van der Waals surface area contributed by atoms with E-state index in [-0.39, 0.29) is 23.4 Å². The molecule has 0 saturated carbocycles. The van der Waals surface area contributed by atoms with Crippen molar-refractivity contribution in [2.75, 3.05) is 28.6 Å². The lowest BCUT2D eigenvalue weighted by Crippen LogP contribution is -2.21. The average molecular weight is 393 g/mol. The molecule has 7 heteroatoms. The third-order valence-corrected chi connectivity index (χ3v) is 4.42. The number of amides is 1. The van der Waals surface area contributed by atoms with Gasteiger partial charge in [-0.05, 0) is 69.3 Å². The summed E-state index contributed by atoms with van der Waals surface area (Å²) in [4.78, 5) is 23.4. The number of carbonyl (C=O) groups excluding carboxylic acids is 1. The van der Waals surface area contributed by atoms with Crippen LogP contribution in [0, 0.1) is 12.7 Å². The molecule has 1 heterocycles. The number of aromatic nitrogens is 2. The molecule has 1 amide bonds. The molecule has 0 spiro atoms. The van der Waals surface area contributed by atoms with Crippen molar-refractivity contribution in [3.63, 3.8) is 0 Å². The van der Waals surface area contributed by atoms with Crippen molar-refractivity contribution in [3.8, 4) is 0 Å². The van der Waals surface area contributed by atoms with Crippen LogP contribution in [0.4, 0.5) is 27.4 Å². The normalized spacial score (nSPS) is 10.5. The van der Waals surface area contributed by atoms with Gasteiger partial charge in [0.05, 0.1) is 0 Å². The van der Waals surface area contributed by atoms with Gasteiger partial charge in [-0.1, -0.05) is 6.07 Å². The van der Waals surface area contributed by atoms with Crippen molar-refractivity contribution in [3.05, 3.63) is 71.8 Å². The van der Waals surface area contributed by atoms with E-state index in [4.69, 9.17) is 0 Å². The summed E-state index contributed by atoms with van der Waals surface area (Å²) < 4.78 is 13.4. The van der Waals surface area contributed by atoms with Crippen LogP contribution >= 0.6 is 0 Å². The fourth-order valence-corrected chi connectivity index (χ4v) is 2.98. The molecule has 0 unspecified atom stereocenters. The molecule has 0 saturated heterocycles. The van der Waals surface area contributed by atoms with Gasteiger partial charge in [0, 0.05) is 35.8 Å². The molecule has 0 aliphatic heterocycles. The second-order valence-electron chi connectivity index (χ2n) is 6.53. The molecule has 0 aliphatic carbocycles. The summed E-state index contributed by atoms with van der Waals surface area (Å²) in [5, 5.41) is 5.78. The average Bonchev–Trinajstić information content (AvgIpc) is 2.70. The van der Waals surface area contributed by atoms with Crippen molar-refractivity contribution >= 4 is 28.9 Å². The molecular weight excluding hydrogens is 369 g/mol. The van der Waals surface area contributed by atoms with E-state index in [0.717, 1.165) is 18.8 Å². The monoisotopic (exact) mass is 393 g/mol. The molecule has 2 N–H and O–H groups in total. The first kappa shape index (κ1) is 20.3. The summed E-state index contributed by atoms with van der Waals surface area (Å²) in [6.07, 6.45) is 0. The zero-order valence-corrected chi connectivity index (χ0v) is 16.7. The highest BCUT2D eigenvalue weighted by molar-refractivity contribution is 6.03. The van der Waals surface area contributed by atoms with E-state index >= 15 is 0 Å². The second kappa shape index (κ2) is 9.14. The first-order valence-corrected chi connectivity index (χ1v) is 9.53. The molecule has 3 aromatic rings. The van der Waals surface area contributed by atoms with Crippen molar-refractivity contribution in [1.82, 2.24) is 9.97 Å². The Morgan fingerprint density at radius 3 is 2.38 bits per heavy atom. The van der Waals surface area contributed by atoms with Crippen molar-refractivity contribution in [2.24, 2.45) is 0 Å². The van der Waals surface area contributed by atoms with Crippen LogP contribution in [0.2, 0.25) is 0 Å². The van der Waals surface area contributed by atoms with E-state index in [1.54, 1.807) is 25.1 Å². The van der Waals surface area contributed by atoms with Crippen LogP contribution in [-0.4, -0.2) is 29.0 Å². The molecule has 3 rings (SSSR count). The molecule has 1 aromatic heterocycles. The van der Waals surface area contributed by atoms with Gasteiger partial charge < -0.3 is 15.5 Å². The highest BCUT2D eigenvalue weighted by Gasteiger charge is 2.12. The molecule has 150 valence electrons. The largest absolute Gasteiger partial charge is 0.372 e. The predicted octanol–water partition coefficient (Wildman–Crippen LogP) is 4.77. The molecule has 0 bridgehead atoms. The Morgan fingerprint density at radius 2 is 1.72 bits per heavy atom. The number of carbonyl (C=O) groups is 1. The van der Waals surface area contributed by atoms with Crippen LogP contribution in [0.15, 0.2) is 54.6 Å². The third kappa shape index (κ3) is 5.28. The van der Waals surface area contributed by atoms with E-state index in [0.29, 0.717) is 17.1 Å². The van der Waals surface area contributed by atoms with E-state index in [9.17, 15) is 9.18 Å². The first-order chi connectivity index (χ1) is 14.0.